The van der Waals surface area contributed by atoms with Crippen LogP contribution in [0.1, 0.15) is 32.5 Å². The normalized spacial score (nSPS) is 10.2. The molecule has 0 atom stereocenters. The Bertz CT molecular complexity index is 681. The highest BCUT2D eigenvalue weighted by atomic mass is 79.9. The van der Waals surface area contributed by atoms with E-state index in [2.05, 4.69) is 21.2 Å². The van der Waals surface area contributed by atoms with E-state index in [4.69, 9.17) is 4.74 Å². The minimum atomic E-state index is -0.360. The highest BCUT2D eigenvalue weighted by Crippen LogP contribution is 2.28. The fourth-order valence-corrected chi connectivity index (χ4v) is 3.19. The van der Waals surface area contributed by atoms with E-state index in [-0.39, 0.29) is 11.9 Å². The van der Waals surface area contributed by atoms with Gasteiger partial charge in [-0.3, -0.25) is 4.79 Å². The molecule has 0 aliphatic heterocycles. The molecule has 2 aromatic rings. The van der Waals surface area contributed by atoms with Crippen molar-refractivity contribution in [3.8, 4) is 0 Å². The maximum Gasteiger partial charge on any atom is 0.348 e. The van der Waals surface area contributed by atoms with Gasteiger partial charge in [-0.2, -0.15) is 0 Å². The number of anilines is 1. The molecule has 1 aromatic heterocycles. The molecular weight excluding hydrogens is 354 g/mol. The molecule has 110 valence electrons. The molecule has 1 aromatic carbocycles. The Morgan fingerprint density at radius 1 is 1.33 bits per heavy atom. The number of esters is 1. The number of ether oxygens (including phenoxy) is 1. The second kappa shape index (κ2) is 6.87. The van der Waals surface area contributed by atoms with Crippen molar-refractivity contribution in [2.45, 2.75) is 13.8 Å². The molecule has 21 heavy (non-hydrogen) atoms. The fourth-order valence-electron chi connectivity index (χ4n) is 1.77. The molecular formula is C15H14BrNO3S. The van der Waals surface area contributed by atoms with Gasteiger partial charge < -0.3 is 10.1 Å². The van der Waals surface area contributed by atoms with E-state index in [9.17, 15) is 9.59 Å². The van der Waals surface area contributed by atoms with Crippen LogP contribution in [0.25, 0.3) is 0 Å². The van der Waals surface area contributed by atoms with Crippen molar-refractivity contribution < 1.29 is 14.3 Å². The van der Waals surface area contributed by atoms with Crippen LogP contribution in [0.4, 0.5) is 5.00 Å². The summed E-state index contributed by atoms with van der Waals surface area (Å²) >= 11 is 4.56. The van der Waals surface area contributed by atoms with Crippen molar-refractivity contribution in [2.24, 2.45) is 0 Å². The molecule has 1 amide bonds. The first-order chi connectivity index (χ1) is 10.0. The number of rotatable bonds is 4. The first-order valence-corrected chi connectivity index (χ1v) is 7.97. The number of benzene rings is 1. The van der Waals surface area contributed by atoms with Crippen molar-refractivity contribution in [2.75, 3.05) is 11.9 Å². The molecule has 1 N–H and O–H groups in total. The van der Waals surface area contributed by atoms with Crippen molar-refractivity contribution in [1.29, 1.82) is 0 Å². The zero-order valence-electron chi connectivity index (χ0n) is 11.6. The van der Waals surface area contributed by atoms with Crippen molar-refractivity contribution in [3.05, 3.63) is 50.8 Å². The highest BCUT2D eigenvalue weighted by Gasteiger charge is 2.17. The predicted octanol–water partition coefficient (Wildman–Crippen LogP) is 4.25. The molecule has 0 spiro atoms. The SMILES string of the molecule is CCOC(=O)c1sc(NC(=O)c2ccccc2Br)cc1C. The van der Waals surface area contributed by atoms with Gasteiger partial charge in [0.25, 0.3) is 5.91 Å². The molecule has 0 aliphatic carbocycles. The van der Waals surface area contributed by atoms with Crippen LogP contribution < -0.4 is 5.32 Å². The lowest BCUT2D eigenvalue weighted by atomic mass is 10.2. The standard InChI is InChI=1S/C15H14BrNO3S/c1-3-20-15(19)13-9(2)8-12(21-13)17-14(18)10-6-4-5-7-11(10)16/h4-8H,3H2,1-2H3,(H,17,18). The summed E-state index contributed by atoms with van der Waals surface area (Å²) in [5, 5.41) is 3.42. The maximum absolute atomic E-state index is 12.2. The van der Waals surface area contributed by atoms with E-state index in [0.717, 1.165) is 10.0 Å². The fraction of sp³-hybridized carbons (Fsp3) is 0.200. The minimum absolute atomic E-state index is 0.223. The zero-order valence-corrected chi connectivity index (χ0v) is 14.0. The van der Waals surface area contributed by atoms with Crippen molar-refractivity contribution >= 4 is 44.1 Å². The van der Waals surface area contributed by atoms with Gasteiger partial charge in [0, 0.05) is 4.47 Å². The van der Waals surface area contributed by atoms with E-state index in [1.807, 2.05) is 13.0 Å². The second-order valence-corrected chi connectivity index (χ2v) is 6.18. The van der Waals surface area contributed by atoms with Gasteiger partial charge in [-0.25, -0.2) is 4.79 Å². The van der Waals surface area contributed by atoms with Crippen molar-refractivity contribution in [3.63, 3.8) is 0 Å². The summed E-state index contributed by atoms with van der Waals surface area (Å²) in [6.45, 7) is 3.90. The molecule has 0 bridgehead atoms. The van der Waals surface area contributed by atoms with Crippen LogP contribution in [0, 0.1) is 6.92 Å². The van der Waals surface area contributed by atoms with Gasteiger partial charge in [-0.05, 0) is 53.5 Å². The monoisotopic (exact) mass is 367 g/mol. The van der Waals surface area contributed by atoms with Gasteiger partial charge in [0.05, 0.1) is 17.2 Å². The lowest BCUT2D eigenvalue weighted by molar-refractivity contribution is 0.0531. The second-order valence-electron chi connectivity index (χ2n) is 4.28. The van der Waals surface area contributed by atoms with E-state index in [1.165, 1.54) is 11.3 Å². The van der Waals surface area contributed by atoms with Crippen LogP contribution in [0.15, 0.2) is 34.8 Å². The largest absolute Gasteiger partial charge is 0.462 e. The first kappa shape index (κ1) is 15.7. The lowest BCUT2D eigenvalue weighted by Gasteiger charge is -2.04. The molecule has 6 heteroatoms. The Kier molecular flexibility index (Phi) is 5.14. The van der Waals surface area contributed by atoms with Gasteiger partial charge in [-0.1, -0.05) is 12.1 Å². The Labute approximate surface area is 135 Å². The van der Waals surface area contributed by atoms with Crippen LogP contribution in [0.5, 0.6) is 0 Å². The van der Waals surface area contributed by atoms with E-state index in [0.29, 0.717) is 22.0 Å². The molecule has 0 radical (unpaired) electrons. The maximum atomic E-state index is 12.2. The summed E-state index contributed by atoms with van der Waals surface area (Å²) < 4.78 is 5.71. The number of hydrogen-bond acceptors (Lipinski definition) is 4. The Balaban J connectivity index is 2.17. The Hall–Kier alpha value is -1.66. The smallest absolute Gasteiger partial charge is 0.348 e. The number of thiophene rings is 1. The predicted molar refractivity (Wildman–Crippen MR) is 87.1 cm³/mol. The van der Waals surface area contributed by atoms with E-state index in [1.54, 1.807) is 31.2 Å². The summed E-state index contributed by atoms with van der Waals surface area (Å²) in [7, 11) is 0. The molecule has 0 fully saturated rings. The summed E-state index contributed by atoms with van der Waals surface area (Å²) in [5.74, 6) is -0.583. The third-order valence-corrected chi connectivity index (χ3v) is 4.56. The summed E-state index contributed by atoms with van der Waals surface area (Å²) in [5.41, 5.74) is 1.34. The third kappa shape index (κ3) is 3.71. The average Bonchev–Trinajstić information content (AvgIpc) is 2.80. The summed E-state index contributed by atoms with van der Waals surface area (Å²) in [6.07, 6.45) is 0. The van der Waals surface area contributed by atoms with Crippen LogP contribution in [0.3, 0.4) is 0 Å². The third-order valence-electron chi connectivity index (χ3n) is 2.73. The van der Waals surface area contributed by atoms with Gasteiger partial charge in [0.2, 0.25) is 0 Å². The molecule has 4 nitrogen and oxygen atoms in total. The van der Waals surface area contributed by atoms with Crippen LogP contribution >= 0.6 is 27.3 Å². The molecule has 0 aliphatic rings. The minimum Gasteiger partial charge on any atom is -0.462 e. The lowest BCUT2D eigenvalue weighted by Crippen LogP contribution is -2.11. The summed E-state index contributed by atoms with van der Waals surface area (Å²) in [4.78, 5) is 24.5. The number of hydrogen-bond donors (Lipinski definition) is 1. The molecule has 0 saturated heterocycles. The zero-order chi connectivity index (χ0) is 15.4. The van der Waals surface area contributed by atoms with Crippen LogP contribution in [-0.4, -0.2) is 18.5 Å². The van der Waals surface area contributed by atoms with Crippen LogP contribution in [-0.2, 0) is 4.74 Å². The molecule has 1 heterocycles. The topological polar surface area (TPSA) is 55.4 Å². The molecule has 0 unspecified atom stereocenters. The van der Waals surface area contributed by atoms with Gasteiger partial charge in [0.15, 0.2) is 0 Å². The quantitative estimate of drug-likeness (QED) is 0.821. The number of carbonyl (C=O) groups excluding carboxylic acids is 2. The van der Waals surface area contributed by atoms with Gasteiger partial charge >= 0.3 is 5.97 Å². The Morgan fingerprint density at radius 2 is 2.05 bits per heavy atom. The first-order valence-electron chi connectivity index (χ1n) is 6.36. The van der Waals surface area contributed by atoms with Gasteiger partial charge in [0.1, 0.15) is 4.88 Å². The molecule has 2 rings (SSSR count). The Morgan fingerprint density at radius 3 is 2.71 bits per heavy atom. The highest BCUT2D eigenvalue weighted by molar-refractivity contribution is 9.10. The number of carbonyl (C=O) groups is 2. The van der Waals surface area contributed by atoms with Crippen LogP contribution in [0.2, 0.25) is 0 Å². The van der Waals surface area contributed by atoms with Crippen molar-refractivity contribution in [1.82, 2.24) is 0 Å². The number of amides is 1. The average molecular weight is 368 g/mol. The van der Waals surface area contributed by atoms with Gasteiger partial charge in [-0.15, -0.1) is 11.3 Å². The number of nitrogens with one attached hydrogen (secondary N) is 1. The molecule has 0 saturated carbocycles. The number of halogens is 1. The number of aryl methyl sites for hydroxylation is 1. The van der Waals surface area contributed by atoms with E-state index >= 15 is 0 Å². The van der Waals surface area contributed by atoms with E-state index < -0.39 is 0 Å². The summed E-state index contributed by atoms with van der Waals surface area (Å²) in [6, 6.07) is 8.94.